The summed E-state index contributed by atoms with van der Waals surface area (Å²) in [6.07, 6.45) is 4.73. The molecular formula is C9H10N8. The van der Waals surface area contributed by atoms with Crippen molar-refractivity contribution in [2.75, 3.05) is 5.73 Å². The van der Waals surface area contributed by atoms with Crippen molar-refractivity contribution in [3.63, 3.8) is 0 Å². The van der Waals surface area contributed by atoms with Crippen molar-refractivity contribution in [3.8, 4) is 0 Å². The molecular weight excluding hydrogens is 220 g/mol. The summed E-state index contributed by atoms with van der Waals surface area (Å²) in [5.41, 5.74) is 6.56. The van der Waals surface area contributed by atoms with Crippen molar-refractivity contribution >= 4 is 16.9 Å². The zero-order chi connectivity index (χ0) is 11.8. The number of nitrogens with zero attached hydrogens (tertiary/aromatic N) is 7. The highest BCUT2D eigenvalue weighted by molar-refractivity contribution is 5.84. The van der Waals surface area contributed by atoms with Gasteiger partial charge in [-0.2, -0.15) is 10.2 Å². The van der Waals surface area contributed by atoms with Crippen molar-refractivity contribution in [3.05, 3.63) is 24.7 Å². The SMILES string of the molecule is Cn1ncc2c(N)nc(Cn3cncn3)nc21. The van der Waals surface area contributed by atoms with Gasteiger partial charge in [0, 0.05) is 7.05 Å². The van der Waals surface area contributed by atoms with Crippen molar-refractivity contribution in [1.29, 1.82) is 0 Å². The van der Waals surface area contributed by atoms with E-state index in [2.05, 4.69) is 25.1 Å². The fraction of sp³-hybridized carbons (Fsp3) is 0.222. The number of aryl methyl sites for hydroxylation is 1. The van der Waals surface area contributed by atoms with Gasteiger partial charge in [0.25, 0.3) is 0 Å². The molecule has 0 spiro atoms. The molecule has 3 aromatic heterocycles. The Kier molecular flexibility index (Phi) is 2.00. The highest BCUT2D eigenvalue weighted by atomic mass is 15.3. The molecule has 3 rings (SSSR count). The topological polar surface area (TPSA) is 100 Å². The molecule has 8 heteroatoms. The minimum absolute atomic E-state index is 0.429. The predicted octanol–water partition coefficient (Wildman–Crippen LogP) is -0.415. The van der Waals surface area contributed by atoms with Crippen LogP contribution in [0.5, 0.6) is 0 Å². The molecule has 0 aliphatic carbocycles. The second-order valence-electron chi connectivity index (χ2n) is 3.62. The van der Waals surface area contributed by atoms with E-state index in [9.17, 15) is 0 Å². The molecule has 0 amide bonds. The molecule has 0 bridgehead atoms. The summed E-state index contributed by atoms with van der Waals surface area (Å²) in [7, 11) is 1.81. The number of nitrogen functional groups attached to an aromatic ring is 1. The van der Waals surface area contributed by atoms with Gasteiger partial charge in [-0.1, -0.05) is 0 Å². The number of fused-ring (bicyclic) bond motifs is 1. The maximum atomic E-state index is 5.85. The monoisotopic (exact) mass is 230 g/mol. The molecule has 0 saturated heterocycles. The summed E-state index contributed by atoms with van der Waals surface area (Å²) in [6.45, 7) is 0.436. The average Bonchev–Trinajstić information content (AvgIpc) is 2.90. The lowest BCUT2D eigenvalue weighted by Gasteiger charge is -2.02. The third kappa shape index (κ3) is 1.59. The van der Waals surface area contributed by atoms with Gasteiger partial charge >= 0.3 is 0 Å². The predicted molar refractivity (Wildman–Crippen MR) is 59.8 cm³/mol. The van der Waals surface area contributed by atoms with Gasteiger partial charge in [0.1, 0.15) is 25.0 Å². The molecule has 0 aromatic carbocycles. The highest BCUT2D eigenvalue weighted by Crippen LogP contribution is 2.16. The summed E-state index contributed by atoms with van der Waals surface area (Å²) in [4.78, 5) is 12.5. The Balaban J connectivity index is 2.08. The molecule has 86 valence electrons. The van der Waals surface area contributed by atoms with Crippen molar-refractivity contribution in [1.82, 2.24) is 34.5 Å². The van der Waals surface area contributed by atoms with E-state index in [0.29, 0.717) is 23.8 Å². The largest absolute Gasteiger partial charge is 0.383 e. The second kappa shape index (κ2) is 3.51. The number of anilines is 1. The van der Waals surface area contributed by atoms with Crippen molar-refractivity contribution in [2.24, 2.45) is 7.05 Å². The summed E-state index contributed by atoms with van der Waals surface area (Å²) in [5, 5.41) is 8.85. The first-order valence-corrected chi connectivity index (χ1v) is 5.00. The number of hydrogen-bond donors (Lipinski definition) is 1. The Morgan fingerprint density at radius 1 is 1.29 bits per heavy atom. The molecule has 0 aliphatic rings. The fourth-order valence-electron chi connectivity index (χ4n) is 1.62. The Labute approximate surface area is 96.1 Å². The molecule has 0 saturated carbocycles. The van der Waals surface area contributed by atoms with Crippen LogP contribution in [0, 0.1) is 0 Å². The molecule has 2 N–H and O–H groups in total. The van der Waals surface area contributed by atoms with Crippen LogP contribution in [-0.2, 0) is 13.6 Å². The first-order valence-electron chi connectivity index (χ1n) is 5.00. The van der Waals surface area contributed by atoms with Crippen LogP contribution in [0.15, 0.2) is 18.9 Å². The lowest BCUT2D eigenvalue weighted by Crippen LogP contribution is -2.08. The standard InChI is InChI=1S/C9H10N8/c1-16-9-6(2-12-16)8(10)14-7(15-9)3-17-5-11-4-13-17/h2,4-5H,3H2,1H3,(H2,10,14,15). The van der Waals surface area contributed by atoms with Gasteiger partial charge in [-0.25, -0.2) is 19.6 Å². The number of hydrogen-bond acceptors (Lipinski definition) is 6. The Hall–Kier alpha value is -2.51. The van der Waals surface area contributed by atoms with Gasteiger partial charge in [0.15, 0.2) is 11.5 Å². The first kappa shape index (κ1) is 9.70. The molecule has 0 atom stereocenters. The third-order valence-corrected chi connectivity index (χ3v) is 2.44. The smallest absolute Gasteiger partial charge is 0.163 e. The van der Waals surface area contributed by atoms with Gasteiger partial charge in [-0.05, 0) is 0 Å². The number of aromatic nitrogens is 7. The lowest BCUT2D eigenvalue weighted by atomic mass is 10.4. The van der Waals surface area contributed by atoms with E-state index in [1.807, 2.05) is 7.05 Å². The van der Waals surface area contributed by atoms with Gasteiger partial charge in [0.05, 0.1) is 11.6 Å². The van der Waals surface area contributed by atoms with Gasteiger partial charge in [-0.3, -0.25) is 4.68 Å². The summed E-state index contributed by atoms with van der Waals surface area (Å²) < 4.78 is 3.30. The van der Waals surface area contributed by atoms with E-state index >= 15 is 0 Å². The minimum atomic E-state index is 0.429. The Bertz CT molecular complexity index is 653. The van der Waals surface area contributed by atoms with Crippen LogP contribution in [0.1, 0.15) is 5.82 Å². The van der Waals surface area contributed by atoms with Crippen molar-refractivity contribution < 1.29 is 0 Å². The minimum Gasteiger partial charge on any atom is -0.383 e. The van der Waals surface area contributed by atoms with Crippen LogP contribution >= 0.6 is 0 Å². The highest BCUT2D eigenvalue weighted by Gasteiger charge is 2.09. The molecule has 0 unspecified atom stereocenters. The Morgan fingerprint density at radius 2 is 2.18 bits per heavy atom. The normalized spacial score (nSPS) is 11.1. The molecule has 17 heavy (non-hydrogen) atoms. The fourth-order valence-corrected chi connectivity index (χ4v) is 1.62. The molecule has 8 nitrogen and oxygen atoms in total. The molecule has 0 aliphatic heterocycles. The van der Waals surface area contributed by atoms with Crippen molar-refractivity contribution in [2.45, 2.75) is 6.54 Å². The van der Waals surface area contributed by atoms with Crippen LogP contribution < -0.4 is 5.73 Å². The quantitative estimate of drug-likeness (QED) is 0.642. The maximum Gasteiger partial charge on any atom is 0.163 e. The van der Waals surface area contributed by atoms with E-state index in [-0.39, 0.29) is 0 Å². The van der Waals surface area contributed by atoms with Crippen LogP contribution in [0.3, 0.4) is 0 Å². The summed E-state index contributed by atoms with van der Waals surface area (Å²) in [5.74, 6) is 1.02. The van der Waals surface area contributed by atoms with Crippen LogP contribution in [-0.4, -0.2) is 34.5 Å². The number of rotatable bonds is 2. The van der Waals surface area contributed by atoms with E-state index in [0.717, 1.165) is 5.39 Å². The molecule has 0 radical (unpaired) electrons. The second-order valence-corrected chi connectivity index (χ2v) is 3.62. The zero-order valence-corrected chi connectivity index (χ0v) is 9.15. The van der Waals surface area contributed by atoms with Crippen LogP contribution in [0.25, 0.3) is 11.0 Å². The molecule has 3 aromatic rings. The van der Waals surface area contributed by atoms with Gasteiger partial charge < -0.3 is 5.73 Å². The zero-order valence-electron chi connectivity index (χ0n) is 9.15. The van der Waals surface area contributed by atoms with E-state index < -0.39 is 0 Å². The molecule has 0 fully saturated rings. The average molecular weight is 230 g/mol. The van der Waals surface area contributed by atoms with E-state index in [1.54, 1.807) is 21.9 Å². The van der Waals surface area contributed by atoms with E-state index in [4.69, 9.17) is 5.73 Å². The summed E-state index contributed by atoms with van der Waals surface area (Å²) in [6, 6.07) is 0. The van der Waals surface area contributed by atoms with E-state index in [1.165, 1.54) is 6.33 Å². The van der Waals surface area contributed by atoms with Crippen LogP contribution in [0.2, 0.25) is 0 Å². The first-order chi connectivity index (χ1) is 8.24. The Morgan fingerprint density at radius 3 is 2.94 bits per heavy atom. The maximum absolute atomic E-state index is 5.85. The lowest BCUT2D eigenvalue weighted by molar-refractivity contribution is 0.654. The number of nitrogens with two attached hydrogens (primary N) is 1. The molecule has 3 heterocycles. The van der Waals surface area contributed by atoms with Gasteiger partial charge in [0.2, 0.25) is 0 Å². The third-order valence-electron chi connectivity index (χ3n) is 2.44. The van der Waals surface area contributed by atoms with Crippen LogP contribution in [0.4, 0.5) is 5.82 Å². The summed E-state index contributed by atoms with van der Waals surface area (Å²) >= 11 is 0. The van der Waals surface area contributed by atoms with Gasteiger partial charge in [-0.15, -0.1) is 0 Å².